The van der Waals surface area contributed by atoms with Crippen LogP contribution in [0.2, 0.25) is 0 Å². The van der Waals surface area contributed by atoms with E-state index in [2.05, 4.69) is 4.98 Å². The van der Waals surface area contributed by atoms with Gasteiger partial charge >= 0.3 is 0 Å². The lowest BCUT2D eigenvalue weighted by atomic mass is 10.0. The molecule has 0 aliphatic carbocycles. The highest BCUT2D eigenvalue weighted by Crippen LogP contribution is 2.31. The van der Waals surface area contributed by atoms with Crippen LogP contribution in [0.5, 0.6) is 0 Å². The highest BCUT2D eigenvalue weighted by Gasteiger charge is 2.47. The van der Waals surface area contributed by atoms with Gasteiger partial charge in [-0.2, -0.15) is 17.0 Å². The fraction of sp³-hybridized carbons (Fsp3) is 0.733. The van der Waals surface area contributed by atoms with Gasteiger partial charge in [-0.15, -0.1) is 11.3 Å². The largest absolute Gasteiger partial charge is 0.370 e. The van der Waals surface area contributed by atoms with Gasteiger partial charge in [0.1, 0.15) is 5.60 Å². The number of hydrogen-bond donors (Lipinski definition) is 0. The topological polar surface area (TPSA) is 83.0 Å². The third-order valence-electron chi connectivity index (χ3n) is 4.67. The molecule has 1 spiro atoms. The Bertz CT molecular complexity index is 748. The maximum atomic E-state index is 12.6. The van der Waals surface area contributed by atoms with Crippen LogP contribution in [-0.4, -0.2) is 85.3 Å². The molecule has 1 amide bonds. The third-order valence-corrected chi connectivity index (χ3v) is 7.38. The van der Waals surface area contributed by atoms with E-state index in [1.165, 1.54) is 34.0 Å². The first-order valence-corrected chi connectivity index (χ1v) is 10.5. The van der Waals surface area contributed by atoms with Crippen molar-refractivity contribution in [2.24, 2.45) is 0 Å². The van der Waals surface area contributed by atoms with Crippen molar-refractivity contribution >= 4 is 27.5 Å². The number of aromatic nitrogens is 1. The third kappa shape index (κ3) is 3.87. The monoisotopic (exact) mass is 388 g/mol. The summed E-state index contributed by atoms with van der Waals surface area (Å²) in [5.74, 6) is 0.0156. The minimum Gasteiger partial charge on any atom is -0.370 e. The van der Waals surface area contributed by atoms with E-state index < -0.39 is 15.8 Å². The predicted octanol–water partition coefficient (Wildman–Crippen LogP) is 0.104. The molecule has 10 heteroatoms. The average Bonchev–Trinajstić information content (AvgIpc) is 3.14. The average molecular weight is 389 g/mol. The number of amides is 1. The summed E-state index contributed by atoms with van der Waals surface area (Å²) >= 11 is 1.53. The van der Waals surface area contributed by atoms with E-state index in [1.807, 2.05) is 12.3 Å². The van der Waals surface area contributed by atoms with Crippen molar-refractivity contribution in [3.05, 3.63) is 16.1 Å². The molecule has 2 fully saturated rings. The van der Waals surface area contributed by atoms with Crippen molar-refractivity contribution < 1.29 is 17.9 Å². The van der Waals surface area contributed by atoms with Crippen LogP contribution in [0.4, 0.5) is 0 Å². The van der Waals surface area contributed by atoms with E-state index in [-0.39, 0.29) is 18.9 Å². The first-order chi connectivity index (χ1) is 11.7. The molecule has 8 nitrogen and oxygen atoms in total. The molecule has 25 heavy (non-hydrogen) atoms. The molecule has 2 aliphatic rings. The lowest BCUT2D eigenvalue weighted by Gasteiger charge is -2.40. The van der Waals surface area contributed by atoms with Crippen molar-refractivity contribution in [2.45, 2.75) is 25.4 Å². The SMILES string of the molecule is Cc1nc(CC(=O)N2CCOC3(CCN(S(=O)(=O)N(C)C)C3)C2)cs1. The molecule has 0 bridgehead atoms. The molecule has 0 aromatic carbocycles. The fourth-order valence-electron chi connectivity index (χ4n) is 3.30. The predicted molar refractivity (Wildman–Crippen MR) is 94.6 cm³/mol. The number of carbonyl (C=O) groups excluding carboxylic acids is 1. The summed E-state index contributed by atoms with van der Waals surface area (Å²) in [4.78, 5) is 18.7. The molecular weight excluding hydrogens is 364 g/mol. The highest BCUT2D eigenvalue weighted by molar-refractivity contribution is 7.86. The van der Waals surface area contributed by atoms with Crippen LogP contribution < -0.4 is 0 Å². The second-order valence-corrected chi connectivity index (χ2v) is 9.96. The maximum Gasteiger partial charge on any atom is 0.281 e. The summed E-state index contributed by atoms with van der Waals surface area (Å²) < 4.78 is 33.2. The minimum atomic E-state index is -3.46. The van der Waals surface area contributed by atoms with Crippen molar-refractivity contribution in [3.63, 3.8) is 0 Å². The molecule has 0 saturated carbocycles. The normalized spacial score (nSPS) is 25.2. The van der Waals surface area contributed by atoms with Crippen LogP contribution in [0.15, 0.2) is 5.38 Å². The molecule has 3 heterocycles. The van der Waals surface area contributed by atoms with Gasteiger partial charge in [-0.3, -0.25) is 4.79 Å². The zero-order valence-corrected chi connectivity index (χ0v) is 16.4. The summed E-state index contributed by atoms with van der Waals surface area (Å²) in [5, 5.41) is 2.85. The number of hydrogen-bond acceptors (Lipinski definition) is 6. The van der Waals surface area contributed by atoms with Crippen LogP contribution >= 0.6 is 11.3 Å². The van der Waals surface area contributed by atoms with Crippen LogP contribution in [0.3, 0.4) is 0 Å². The lowest BCUT2D eigenvalue weighted by Crippen LogP contribution is -2.55. The van der Waals surface area contributed by atoms with Gasteiger partial charge in [0, 0.05) is 39.1 Å². The molecule has 1 unspecified atom stereocenters. The van der Waals surface area contributed by atoms with Gasteiger partial charge in [0.15, 0.2) is 0 Å². The molecule has 3 rings (SSSR count). The van der Waals surface area contributed by atoms with Gasteiger partial charge in [0.05, 0.1) is 30.3 Å². The maximum absolute atomic E-state index is 12.6. The number of morpholine rings is 1. The van der Waals surface area contributed by atoms with Gasteiger partial charge in [0.2, 0.25) is 5.91 Å². The summed E-state index contributed by atoms with van der Waals surface area (Å²) in [6, 6.07) is 0. The van der Waals surface area contributed by atoms with E-state index in [1.54, 1.807) is 4.90 Å². The summed E-state index contributed by atoms with van der Waals surface area (Å²) in [6.07, 6.45) is 0.875. The van der Waals surface area contributed by atoms with E-state index in [9.17, 15) is 13.2 Å². The molecule has 2 saturated heterocycles. The molecule has 1 atom stereocenters. The number of nitrogens with zero attached hydrogens (tertiary/aromatic N) is 4. The zero-order valence-electron chi connectivity index (χ0n) is 14.8. The van der Waals surface area contributed by atoms with Crippen molar-refractivity contribution in [1.29, 1.82) is 0 Å². The molecule has 2 aliphatic heterocycles. The number of thiazole rings is 1. The Kier molecular flexibility index (Phi) is 5.18. The second-order valence-electron chi connectivity index (χ2n) is 6.76. The standard InChI is InChI=1S/C15H24N4O4S2/c1-12-16-13(9-24-12)8-14(20)18-6-7-23-15(10-18)4-5-19(11-15)25(21,22)17(2)3/h9H,4-8,10-11H2,1-3H3. The number of rotatable bonds is 4. The quantitative estimate of drug-likeness (QED) is 0.731. The molecule has 1 aromatic heterocycles. The van der Waals surface area contributed by atoms with Crippen LogP contribution in [-0.2, 0) is 26.2 Å². The molecular formula is C15H24N4O4S2. The Labute approximate surface area is 152 Å². The van der Waals surface area contributed by atoms with E-state index in [0.717, 1.165) is 10.7 Å². The van der Waals surface area contributed by atoms with Crippen LogP contribution in [0, 0.1) is 6.92 Å². The number of aryl methyl sites for hydroxylation is 1. The lowest BCUT2D eigenvalue weighted by molar-refractivity contribution is -0.147. The van der Waals surface area contributed by atoms with Gasteiger partial charge in [-0.25, -0.2) is 4.98 Å². The molecule has 140 valence electrons. The van der Waals surface area contributed by atoms with E-state index >= 15 is 0 Å². The Hall–Kier alpha value is -1.07. The van der Waals surface area contributed by atoms with Crippen molar-refractivity contribution in [1.82, 2.24) is 18.5 Å². The molecule has 1 aromatic rings. The van der Waals surface area contributed by atoms with Crippen LogP contribution in [0.1, 0.15) is 17.1 Å². The second kappa shape index (κ2) is 6.92. The minimum absolute atomic E-state index is 0.0156. The Balaban J connectivity index is 1.66. The highest BCUT2D eigenvalue weighted by atomic mass is 32.2. The van der Waals surface area contributed by atoms with E-state index in [4.69, 9.17) is 4.74 Å². The van der Waals surface area contributed by atoms with Gasteiger partial charge in [-0.05, 0) is 13.3 Å². The Morgan fingerprint density at radius 2 is 2.16 bits per heavy atom. The van der Waals surface area contributed by atoms with Gasteiger partial charge in [0.25, 0.3) is 10.2 Å². The number of carbonyl (C=O) groups is 1. The van der Waals surface area contributed by atoms with Gasteiger partial charge < -0.3 is 9.64 Å². The van der Waals surface area contributed by atoms with E-state index in [0.29, 0.717) is 32.7 Å². The van der Waals surface area contributed by atoms with Gasteiger partial charge in [-0.1, -0.05) is 0 Å². The Morgan fingerprint density at radius 3 is 2.80 bits per heavy atom. The summed E-state index contributed by atoms with van der Waals surface area (Å²) in [7, 11) is -0.418. The zero-order chi connectivity index (χ0) is 18.2. The van der Waals surface area contributed by atoms with Crippen molar-refractivity contribution in [2.75, 3.05) is 46.9 Å². The molecule has 0 N–H and O–H groups in total. The van der Waals surface area contributed by atoms with Crippen LogP contribution in [0.25, 0.3) is 0 Å². The summed E-state index contributed by atoms with van der Waals surface area (Å²) in [5.41, 5.74) is 0.186. The first kappa shape index (κ1) is 18.7. The molecule has 0 radical (unpaired) electrons. The smallest absolute Gasteiger partial charge is 0.281 e. The fourth-order valence-corrected chi connectivity index (χ4v) is 5.09. The van der Waals surface area contributed by atoms with Crippen molar-refractivity contribution in [3.8, 4) is 0 Å². The number of ether oxygens (including phenoxy) is 1. The Morgan fingerprint density at radius 1 is 1.40 bits per heavy atom. The summed E-state index contributed by atoms with van der Waals surface area (Å²) in [6.45, 7) is 4.00. The first-order valence-electron chi connectivity index (χ1n) is 8.22.